The minimum Gasteiger partial charge on any atom is -0.355 e. The highest BCUT2D eigenvalue weighted by atomic mass is 19.4. The molecule has 1 aromatic carbocycles. The van der Waals surface area contributed by atoms with Crippen LogP contribution in [0.15, 0.2) is 60.8 Å². The fraction of sp³-hybridized carbons (Fsp3) is 0.296. The fourth-order valence-corrected chi connectivity index (χ4v) is 4.11. The van der Waals surface area contributed by atoms with Gasteiger partial charge in [0.05, 0.1) is 28.2 Å². The lowest BCUT2D eigenvalue weighted by Gasteiger charge is -2.19. The maximum Gasteiger partial charge on any atom is 0.418 e. The van der Waals surface area contributed by atoms with Gasteiger partial charge in [0.25, 0.3) is 0 Å². The van der Waals surface area contributed by atoms with Crippen LogP contribution in [0, 0.1) is 0 Å². The fourth-order valence-electron chi connectivity index (χ4n) is 4.11. The summed E-state index contributed by atoms with van der Waals surface area (Å²) < 4.78 is 79.8. The molecule has 12 heteroatoms. The molecule has 39 heavy (non-hydrogen) atoms. The van der Waals surface area contributed by atoms with Crippen LogP contribution in [0.3, 0.4) is 0 Å². The van der Waals surface area contributed by atoms with Gasteiger partial charge in [0.2, 0.25) is 0 Å². The predicted octanol–water partition coefficient (Wildman–Crippen LogP) is 6.51. The molecule has 1 unspecified atom stereocenters. The van der Waals surface area contributed by atoms with Crippen LogP contribution in [-0.4, -0.2) is 46.5 Å². The molecular formula is C27H26F6N6. The monoisotopic (exact) mass is 548 g/mol. The Bertz CT molecular complexity index is 1430. The number of likely N-dealkylation sites (N-methyl/N-ethyl adjacent to an activating group) is 1. The molecule has 0 amide bonds. The molecule has 2 N–H and O–H groups in total. The first-order chi connectivity index (χ1) is 18.3. The lowest BCUT2D eigenvalue weighted by Crippen LogP contribution is -2.35. The van der Waals surface area contributed by atoms with Crippen LogP contribution < -0.4 is 10.6 Å². The van der Waals surface area contributed by atoms with Crippen molar-refractivity contribution >= 4 is 22.4 Å². The first-order valence-electron chi connectivity index (χ1n) is 12.0. The zero-order valence-electron chi connectivity index (χ0n) is 21.3. The normalized spacial score (nSPS) is 13.2. The van der Waals surface area contributed by atoms with E-state index < -0.39 is 23.5 Å². The number of pyridine rings is 3. The second kappa shape index (κ2) is 11.1. The molecule has 3 aromatic heterocycles. The van der Waals surface area contributed by atoms with Crippen molar-refractivity contribution in [3.8, 4) is 11.4 Å². The number of nitrogens with one attached hydrogen (secondary N) is 2. The Hall–Kier alpha value is -3.77. The SMILES string of the molecule is CC(CN(C)C)NCc1cc(Nc2ccc(C(F)(F)F)cc2)c2ccc(-c3ncccc3C(F)(F)F)nc2n1. The van der Waals surface area contributed by atoms with Gasteiger partial charge in [-0.2, -0.15) is 26.3 Å². The second-order valence-electron chi connectivity index (χ2n) is 9.37. The van der Waals surface area contributed by atoms with Gasteiger partial charge in [-0.25, -0.2) is 9.97 Å². The highest BCUT2D eigenvalue weighted by molar-refractivity contribution is 5.92. The number of fused-ring (bicyclic) bond motifs is 1. The first kappa shape index (κ1) is 28.2. The molecule has 1 atom stereocenters. The molecule has 206 valence electrons. The second-order valence-corrected chi connectivity index (χ2v) is 9.37. The largest absolute Gasteiger partial charge is 0.418 e. The van der Waals surface area contributed by atoms with Crippen molar-refractivity contribution in [3.05, 3.63) is 77.6 Å². The molecule has 0 radical (unpaired) electrons. The van der Waals surface area contributed by atoms with Gasteiger partial charge >= 0.3 is 12.4 Å². The number of halogens is 6. The summed E-state index contributed by atoms with van der Waals surface area (Å²) in [5, 5.41) is 6.92. The molecule has 0 saturated heterocycles. The molecule has 4 aromatic rings. The Balaban J connectivity index is 1.76. The number of alkyl halides is 6. The van der Waals surface area contributed by atoms with Crippen LogP contribution in [0.5, 0.6) is 0 Å². The summed E-state index contributed by atoms with van der Waals surface area (Å²) in [5.41, 5.74) is -0.436. The van der Waals surface area contributed by atoms with Crippen molar-refractivity contribution in [1.29, 1.82) is 0 Å². The van der Waals surface area contributed by atoms with Crippen LogP contribution in [0.4, 0.5) is 37.7 Å². The summed E-state index contributed by atoms with van der Waals surface area (Å²) in [6, 6.07) is 11.5. The van der Waals surface area contributed by atoms with Crippen molar-refractivity contribution in [2.24, 2.45) is 0 Å². The Morgan fingerprint density at radius 3 is 2.26 bits per heavy atom. The third-order valence-corrected chi connectivity index (χ3v) is 5.84. The summed E-state index contributed by atoms with van der Waals surface area (Å²) in [6.45, 7) is 3.08. The van der Waals surface area contributed by atoms with Crippen LogP contribution in [0.2, 0.25) is 0 Å². The zero-order valence-corrected chi connectivity index (χ0v) is 21.3. The van der Waals surface area contributed by atoms with E-state index in [-0.39, 0.29) is 23.1 Å². The highest BCUT2D eigenvalue weighted by Crippen LogP contribution is 2.36. The van der Waals surface area contributed by atoms with E-state index in [9.17, 15) is 26.3 Å². The van der Waals surface area contributed by atoms with Gasteiger partial charge in [0.1, 0.15) is 5.69 Å². The van der Waals surface area contributed by atoms with Crippen molar-refractivity contribution < 1.29 is 26.3 Å². The number of hydrogen-bond acceptors (Lipinski definition) is 6. The third-order valence-electron chi connectivity index (χ3n) is 5.84. The summed E-state index contributed by atoms with van der Waals surface area (Å²) in [4.78, 5) is 14.9. The summed E-state index contributed by atoms with van der Waals surface area (Å²) in [5.74, 6) is 0. The summed E-state index contributed by atoms with van der Waals surface area (Å²) in [7, 11) is 3.88. The standard InChI is InChI=1S/C27H26F6N6/c1-16(15-39(2)3)35-14-19-13-23(36-18-8-6-17(7-9-18)26(28,29)30)20-10-11-22(38-25(20)37-19)24-21(27(31,32)33)5-4-12-34-24/h4-13,16,35H,14-15H2,1-3H3,(H,36,37,38). The van der Waals surface area contributed by atoms with Gasteiger partial charge in [-0.15, -0.1) is 0 Å². The molecule has 0 bridgehead atoms. The van der Waals surface area contributed by atoms with E-state index in [0.717, 1.165) is 24.7 Å². The molecule has 0 aliphatic carbocycles. The lowest BCUT2D eigenvalue weighted by atomic mass is 10.1. The topological polar surface area (TPSA) is 66.0 Å². The van der Waals surface area contributed by atoms with Crippen molar-refractivity contribution in [2.75, 3.05) is 26.0 Å². The number of aromatic nitrogens is 3. The molecule has 6 nitrogen and oxygen atoms in total. The average molecular weight is 549 g/mol. The van der Waals surface area contributed by atoms with Crippen LogP contribution >= 0.6 is 0 Å². The van der Waals surface area contributed by atoms with Crippen molar-refractivity contribution in [2.45, 2.75) is 31.9 Å². The van der Waals surface area contributed by atoms with Gasteiger partial charge in [-0.05, 0) is 75.6 Å². The van der Waals surface area contributed by atoms with Gasteiger partial charge in [0.15, 0.2) is 5.65 Å². The molecular weight excluding hydrogens is 522 g/mol. The van der Waals surface area contributed by atoms with E-state index in [0.29, 0.717) is 29.0 Å². The van der Waals surface area contributed by atoms with Gasteiger partial charge in [-0.1, -0.05) is 0 Å². The first-order valence-corrected chi connectivity index (χ1v) is 12.0. The highest BCUT2D eigenvalue weighted by Gasteiger charge is 2.34. The van der Waals surface area contributed by atoms with Crippen molar-refractivity contribution in [3.63, 3.8) is 0 Å². The molecule has 0 saturated carbocycles. The predicted molar refractivity (Wildman–Crippen MR) is 137 cm³/mol. The smallest absolute Gasteiger partial charge is 0.355 e. The summed E-state index contributed by atoms with van der Waals surface area (Å²) in [6.07, 6.45) is -7.84. The average Bonchev–Trinajstić information content (AvgIpc) is 2.86. The number of benzene rings is 1. The van der Waals surface area contributed by atoms with E-state index in [1.165, 1.54) is 30.5 Å². The number of rotatable bonds is 8. The van der Waals surface area contributed by atoms with E-state index in [2.05, 4.69) is 25.6 Å². The zero-order chi connectivity index (χ0) is 28.4. The van der Waals surface area contributed by atoms with E-state index in [4.69, 9.17) is 0 Å². The molecule has 0 fully saturated rings. The number of hydrogen-bond donors (Lipinski definition) is 2. The molecule has 0 aliphatic heterocycles. The van der Waals surface area contributed by atoms with Crippen LogP contribution in [0.1, 0.15) is 23.7 Å². The Kier molecular flexibility index (Phi) is 8.07. The van der Waals surface area contributed by atoms with E-state index >= 15 is 0 Å². The van der Waals surface area contributed by atoms with E-state index in [1.807, 2.05) is 25.9 Å². The lowest BCUT2D eigenvalue weighted by molar-refractivity contribution is -0.138. The number of anilines is 2. The maximum absolute atomic E-state index is 13.6. The molecule has 4 rings (SSSR count). The van der Waals surface area contributed by atoms with Gasteiger partial charge in [0, 0.05) is 36.4 Å². The third kappa shape index (κ3) is 7.01. The number of nitrogens with zero attached hydrogens (tertiary/aromatic N) is 4. The van der Waals surface area contributed by atoms with Crippen LogP contribution in [-0.2, 0) is 18.9 Å². The van der Waals surface area contributed by atoms with Crippen molar-refractivity contribution in [1.82, 2.24) is 25.2 Å². The minimum absolute atomic E-state index is 0.00510. The van der Waals surface area contributed by atoms with Crippen LogP contribution in [0.25, 0.3) is 22.4 Å². The Morgan fingerprint density at radius 1 is 0.897 bits per heavy atom. The van der Waals surface area contributed by atoms with E-state index in [1.54, 1.807) is 12.1 Å². The molecule has 3 heterocycles. The quantitative estimate of drug-likeness (QED) is 0.245. The van der Waals surface area contributed by atoms with Gasteiger partial charge in [-0.3, -0.25) is 4.98 Å². The molecule has 0 spiro atoms. The maximum atomic E-state index is 13.6. The molecule has 0 aliphatic rings. The summed E-state index contributed by atoms with van der Waals surface area (Å²) >= 11 is 0. The Labute approximate surface area is 221 Å². The minimum atomic E-state index is -4.63. The van der Waals surface area contributed by atoms with Gasteiger partial charge < -0.3 is 15.5 Å². The Morgan fingerprint density at radius 2 is 1.62 bits per heavy atom.